The summed E-state index contributed by atoms with van der Waals surface area (Å²) in [6.07, 6.45) is 0. The third kappa shape index (κ3) is 6.49. The largest absolute Gasteiger partial charge is 0.481 e. The summed E-state index contributed by atoms with van der Waals surface area (Å²) in [6, 6.07) is 0. The number of aliphatic carboxylic acids is 1. The van der Waals surface area contributed by atoms with E-state index in [1.807, 2.05) is 0 Å². The molecule has 0 amide bonds. The standard InChI is InChI=1S/C8H16O3S/c1-6(7(9)10)4-12-5-8(2,3)11/h6,11H,4-5H2,1-3H3,(H,9,10). The van der Waals surface area contributed by atoms with Crippen molar-refractivity contribution >= 4 is 17.7 Å². The number of rotatable bonds is 5. The van der Waals surface area contributed by atoms with Gasteiger partial charge in [0.05, 0.1) is 11.5 Å². The van der Waals surface area contributed by atoms with Crippen molar-refractivity contribution in [1.82, 2.24) is 0 Å². The molecule has 12 heavy (non-hydrogen) atoms. The molecule has 3 nitrogen and oxygen atoms in total. The fraction of sp³-hybridized carbons (Fsp3) is 0.875. The van der Waals surface area contributed by atoms with Crippen LogP contribution < -0.4 is 0 Å². The second kappa shape index (κ2) is 4.72. The molecule has 0 aliphatic heterocycles. The lowest BCUT2D eigenvalue weighted by Gasteiger charge is -2.16. The highest BCUT2D eigenvalue weighted by molar-refractivity contribution is 7.99. The Morgan fingerprint density at radius 1 is 1.58 bits per heavy atom. The summed E-state index contributed by atoms with van der Waals surface area (Å²) >= 11 is 1.47. The molecule has 1 atom stereocenters. The van der Waals surface area contributed by atoms with Crippen molar-refractivity contribution in [2.75, 3.05) is 11.5 Å². The second-order valence-electron chi connectivity index (χ2n) is 3.57. The number of carboxylic acid groups (broad SMARTS) is 1. The van der Waals surface area contributed by atoms with Gasteiger partial charge in [-0.25, -0.2) is 0 Å². The van der Waals surface area contributed by atoms with E-state index < -0.39 is 11.6 Å². The molecule has 0 aromatic carbocycles. The third-order valence-electron chi connectivity index (χ3n) is 1.24. The normalized spacial score (nSPS) is 14.3. The minimum Gasteiger partial charge on any atom is -0.481 e. The quantitative estimate of drug-likeness (QED) is 0.687. The van der Waals surface area contributed by atoms with Crippen molar-refractivity contribution in [3.8, 4) is 0 Å². The van der Waals surface area contributed by atoms with Crippen molar-refractivity contribution in [3.63, 3.8) is 0 Å². The van der Waals surface area contributed by atoms with Gasteiger partial charge in [-0.1, -0.05) is 6.92 Å². The Balaban J connectivity index is 3.51. The van der Waals surface area contributed by atoms with Crippen molar-refractivity contribution in [2.45, 2.75) is 26.4 Å². The predicted octanol–water partition coefficient (Wildman–Crippen LogP) is 1.21. The molecule has 0 saturated heterocycles. The first kappa shape index (κ1) is 11.8. The summed E-state index contributed by atoms with van der Waals surface area (Å²) in [5, 5.41) is 17.8. The van der Waals surface area contributed by atoms with Crippen LogP contribution >= 0.6 is 11.8 Å². The molecule has 2 N–H and O–H groups in total. The van der Waals surface area contributed by atoms with Crippen LogP contribution in [0.25, 0.3) is 0 Å². The van der Waals surface area contributed by atoms with E-state index in [9.17, 15) is 9.90 Å². The lowest BCUT2D eigenvalue weighted by Crippen LogP contribution is -2.23. The Bertz CT molecular complexity index is 151. The average molecular weight is 192 g/mol. The Morgan fingerprint density at radius 3 is 2.42 bits per heavy atom. The summed E-state index contributed by atoms with van der Waals surface area (Å²) in [4.78, 5) is 10.4. The summed E-state index contributed by atoms with van der Waals surface area (Å²) in [5.41, 5.74) is -0.705. The van der Waals surface area contributed by atoms with Gasteiger partial charge in [-0.3, -0.25) is 4.79 Å². The number of hydrogen-bond donors (Lipinski definition) is 2. The van der Waals surface area contributed by atoms with Crippen molar-refractivity contribution < 1.29 is 15.0 Å². The number of carboxylic acids is 1. The van der Waals surface area contributed by atoms with Gasteiger partial charge in [0.15, 0.2) is 0 Å². The molecule has 0 spiro atoms. The molecule has 0 fully saturated rings. The average Bonchev–Trinajstić information content (AvgIpc) is 1.84. The van der Waals surface area contributed by atoms with Crippen LogP contribution in [0.15, 0.2) is 0 Å². The molecular weight excluding hydrogens is 176 g/mol. The van der Waals surface area contributed by atoms with Crippen LogP contribution in [0, 0.1) is 5.92 Å². The smallest absolute Gasteiger partial charge is 0.307 e. The molecule has 0 bridgehead atoms. The Hall–Kier alpha value is -0.220. The van der Waals surface area contributed by atoms with Crippen LogP contribution in [0.1, 0.15) is 20.8 Å². The fourth-order valence-corrected chi connectivity index (χ4v) is 1.67. The molecule has 0 aliphatic carbocycles. The predicted molar refractivity (Wildman–Crippen MR) is 50.4 cm³/mol. The lowest BCUT2D eigenvalue weighted by atomic mass is 10.2. The monoisotopic (exact) mass is 192 g/mol. The summed E-state index contributed by atoms with van der Waals surface area (Å²) < 4.78 is 0. The van der Waals surface area contributed by atoms with Crippen LogP contribution in [0.3, 0.4) is 0 Å². The first-order chi connectivity index (χ1) is 5.33. The van der Waals surface area contributed by atoms with E-state index in [1.54, 1.807) is 20.8 Å². The van der Waals surface area contributed by atoms with E-state index in [0.717, 1.165) is 0 Å². The first-order valence-electron chi connectivity index (χ1n) is 3.86. The SMILES string of the molecule is CC(CSCC(C)(C)O)C(=O)O. The van der Waals surface area contributed by atoms with Crippen molar-refractivity contribution in [1.29, 1.82) is 0 Å². The highest BCUT2D eigenvalue weighted by atomic mass is 32.2. The third-order valence-corrected chi connectivity index (χ3v) is 2.89. The number of hydrogen-bond acceptors (Lipinski definition) is 3. The van der Waals surface area contributed by atoms with Crippen LogP contribution in [-0.4, -0.2) is 33.3 Å². The van der Waals surface area contributed by atoms with Gasteiger partial charge in [0.2, 0.25) is 0 Å². The second-order valence-corrected chi connectivity index (χ2v) is 4.60. The molecule has 0 aromatic rings. The minimum atomic E-state index is -0.779. The topological polar surface area (TPSA) is 57.5 Å². The maximum atomic E-state index is 10.4. The maximum absolute atomic E-state index is 10.4. The van der Waals surface area contributed by atoms with E-state index in [-0.39, 0.29) is 5.92 Å². The number of aliphatic hydroxyl groups is 1. The molecular formula is C8H16O3S. The van der Waals surface area contributed by atoms with Gasteiger partial charge in [-0.2, -0.15) is 11.8 Å². The first-order valence-corrected chi connectivity index (χ1v) is 5.01. The molecule has 0 radical (unpaired) electrons. The van der Waals surface area contributed by atoms with Gasteiger partial charge in [-0.15, -0.1) is 0 Å². The Morgan fingerprint density at radius 2 is 2.08 bits per heavy atom. The number of thioether (sulfide) groups is 1. The van der Waals surface area contributed by atoms with Gasteiger partial charge in [0.1, 0.15) is 0 Å². The highest BCUT2D eigenvalue weighted by Crippen LogP contribution is 2.15. The number of carbonyl (C=O) groups is 1. The molecule has 0 aliphatic rings. The molecule has 1 unspecified atom stereocenters. The molecule has 0 aromatic heterocycles. The zero-order valence-electron chi connectivity index (χ0n) is 7.70. The lowest BCUT2D eigenvalue weighted by molar-refractivity contribution is -0.140. The zero-order chi connectivity index (χ0) is 9.78. The molecule has 0 heterocycles. The van der Waals surface area contributed by atoms with Crippen LogP contribution in [-0.2, 0) is 4.79 Å². The molecule has 0 rings (SSSR count). The van der Waals surface area contributed by atoms with E-state index >= 15 is 0 Å². The van der Waals surface area contributed by atoms with Gasteiger partial charge in [0, 0.05) is 11.5 Å². The molecule has 4 heteroatoms. The van der Waals surface area contributed by atoms with E-state index in [1.165, 1.54) is 11.8 Å². The van der Waals surface area contributed by atoms with E-state index in [0.29, 0.717) is 11.5 Å². The molecule has 0 saturated carbocycles. The Labute approximate surface area is 77.2 Å². The summed E-state index contributed by atoms with van der Waals surface area (Å²) in [5.74, 6) is 0.0137. The van der Waals surface area contributed by atoms with Crippen molar-refractivity contribution in [2.24, 2.45) is 5.92 Å². The molecule has 72 valence electrons. The van der Waals surface area contributed by atoms with E-state index in [4.69, 9.17) is 5.11 Å². The van der Waals surface area contributed by atoms with E-state index in [2.05, 4.69) is 0 Å². The zero-order valence-corrected chi connectivity index (χ0v) is 8.52. The van der Waals surface area contributed by atoms with Crippen molar-refractivity contribution in [3.05, 3.63) is 0 Å². The highest BCUT2D eigenvalue weighted by Gasteiger charge is 2.15. The summed E-state index contributed by atoms with van der Waals surface area (Å²) in [7, 11) is 0. The van der Waals surface area contributed by atoms with Crippen LogP contribution in [0.2, 0.25) is 0 Å². The van der Waals surface area contributed by atoms with Gasteiger partial charge in [0.25, 0.3) is 0 Å². The fourth-order valence-electron chi connectivity index (χ4n) is 0.557. The van der Waals surface area contributed by atoms with Crippen LogP contribution in [0.4, 0.5) is 0 Å². The van der Waals surface area contributed by atoms with Gasteiger partial charge in [-0.05, 0) is 13.8 Å². The summed E-state index contributed by atoms with van der Waals surface area (Å²) in [6.45, 7) is 5.09. The van der Waals surface area contributed by atoms with Gasteiger partial charge < -0.3 is 10.2 Å². The Kier molecular flexibility index (Phi) is 4.63. The van der Waals surface area contributed by atoms with Gasteiger partial charge >= 0.3 is 5.97 Å². The maximum Gasteiger partial charge on any atom is 0.307 e. The van der Waals surface area contributed by atoms with Crippen LogP contribution in [0.5, 0.6) is 0 Å². The minimum absolute atomic E-state index is 0.336.